The van der Waals surface area contributed by atoms with Crippen molar-refractivity contribution in [2.24, 2.45) is 5.41 Å². The van der Waals surface area contributed by atoms with Crippen LogP contribution in [0.2, 0.25) is 0 Å². The van der Waals surface area contributed by atoms with Crippen molar-refractivity contribution in [1.82, 2.24) is 5.32 Å². The standard InChI is InChI=1S/C25H33NO3/c1-6-7-12-29-22-16(2)13-20(14-17(22)3)18-8-9-21-19(15-18)10-11-25(4,5)23(21)26-24(27)28/h8-9,13-15,23,26H,6-7,10-12H2,1-5H3,(H,27,28)/t23-/m0/s1. The Labute approximate surface area is 174 Å². The van der Waals surface area contributed by atoms with Crippen LogP contribution < -0.4 is 10.1 Å². The molecular formula is C25H33NO3. The summed E-state index contributed by atoms with van der Waals surface area (Å²) in [6.07, 6.45) is 3.14. The molecule has 156 valence electrons. The van der Waals surface area contributed by atoms with Gasteiger partial charge in [-0.2, -0.15) is 0 Å². The van der Waals surface area contributed by atoms with Crippen molar-refractivity contribution in [2.45, 2.75) is 66.3 Å². The third-order valence-electron chi connectivity index (χ3n) is 6.08. The molecule has 4 heteroatoms. The Balaban J connectivity index is 1.93. The maximum absolute atomic E-state index is 11.3. The van der Waals surface area contributed by atoms with Gasteiger partial charge in [0.1, 0.15) is 5.75 Å². The summed E-state index contributed by atoms with van der Waals surface area (Å²) in [6.45, 7) is 11.4. The summed E-state index contributed by atoms with van der Waals surface area (Å²) in [5.41, 5.74) is 6.89. The largest absolute Gasteiger partial charge is 0.493 e. The van der Waals surface area contributed by atoms with E-state index in [1.165, 1.54) is 16.7 Å². The molecule has 1 atom stereocenters. The van der Waals surface area contributed by atoms with E-state index < -0.39 is 6.09 Å². The number of rotatable bonds is 6. The number of carbonyl (C=O) groups is 1. The highest BCUT2D eigenvalue weighted by molar-refractivity contribution is 5.70. The summed E-state index contributed by atoms with van der Waals surface area (Å²) in [4.78, 5) is 11.3. The zero-order chi connectivity index (χ0) is 21.2. The van der Waals surface area contributed by atoms with Gasteiger partial charge < -0.3 is 15.2 Å². The van der Waals surface area contributed by atoms with E-state index in [-0.39, 0.29) is 11.5 Å². The highest BCUT2D eigenvalue weighted by Crippen LogP contribution is 2.44. The smallest absolute Gasteiger partial charge is 0.405 e. The van der Waals surface area contributed by atoms with Crippen molar-refractivity contribution in [3.8, 4) is 16.9 Å². The van der Waals surface area contributed by atoms with Gasteiger partial charge in [0.05, 0.1) is 12.6 Å². The van der Waals surface area contributed by atoms with Crippen LogP contribution in [0.3, 0.4) is 0 Å². The Morgan fingerprint density at radius 2 is 1.86 bits per heavy atom. The molecule has 2 aromatic rings. The van der Waals surface area contributed by atoms with Crippen LogP contribution in [0, 0.1) is 19.3 Å². The van der Waals surface area contributed by atoms with Gasteiger partial charge in [0.25, 0.3) is 0 Å². The molecule has 29 heavy (non-hydrogen) atoms. The second kappa shape index (κ2) is 8.48. The van der Waals surface area contributed by atoms with Gasteiger partial charge in [0, 0.05) is 0 Å². The summed E-state index contributed by atoms with van der Waals surface area (Å²) in [5, 5.41) is 12.0. The van der Waals surface area contributed by atoms with Crippen LogP contribution in [-0.2, 0) is 6.42 Å². The van der Waals surface area contributed by atoms with Crippen molar-refractivity contribution < 1.29 is 14.6 Å². The molecule has 4 nitrogen and oxygen atoms in total. The van der Waals surface area contributed by atoms with E-state index in [0.717, 1.165) is 54.7 Å². The van der Waals surface area contributed by atoms with Gasteiger partial charge in [-0.3, -0.25) is 0 Å². The zero-order valence-electron chi connectivity index (χ0n) is 18.3. The van der Waals surface area contributed by atoms with Crippen LogP contribution >= 0.6 is 0 Å². The number of amides is 1. The first-order valence-electron chi connectivity index (χ1n) is 10.6. The molecule has 0 radical (unpaired) electrons. The lowest BCUT2D eigenvalue weighted by molar-refractivity contribution is 0.161. The topological polar surface area (TPSA) is 58.6 Å². The molecule has 0 saturated carbocycles. The maximum atomic E-state index is 11.3. The number of ether oxygens (including phenoxy) is 1. The van der Waals surface area contributed by atoms with Crippen molar-refractivity contribution in [3.05, 3.63) is 52.6 Å². The monoisotopic (exact) mass is 395 g/mol. The third kappa shape index (κ3) is 4.58. The molecule has 2 N–H and O–H groups in total. The van der Waals surface area contributed by atoms with E-state index in [4.69, 9.17) is 4.74 Å². The molecular weight excluding hydrogens is 362 g/mol. The Bertz CT molecular complexity index is 878. The molecule has 0 spiro atoms. The van der Waals surface area contributed by atoms with Gasteiger partial charge in [-0.1, -0.05) is 45.4 Å². The number of carboxylic acid groups (broad SMARTS) is 1. The van der Waals surface area contributed by atoms with Crippen LogP contribution in [0.5, 0.6) is 5.75 Å². The second-order valence-electron chi connectivity index (χ2n) is 8.93. The average Bonchev–Trinajstić information content (AvgIpc) is 2.65. The van der Waals surface area contributed by atoms with Gasteiger partial charge in [-0.15, -0.1) is 0 Å². The third-order valence-corrected chi connectivity index (χ3v) is 6.08. The number of aryl methyl sites for hydroxylation is 3. The number of hydrogen-bond donors (Lipinski definition) is 2. The lowest BCUT2D eigenvalue weighted by Crippen LogP contribution is -2.40. The molecule has 0 saturated heterocycles. The van der Waals surface area contributed by atoms with Gasteiger partial charge in [-0.05, 0) is 84.0 Å². The van der Waals surface area contributed by atoms with E-state index >= 15 is 0 Å². The van der Waals surface area contributed by atoms with Crippen molar-refractivity contribution in [3.63, 3.8) is 0 Å². The Kier molecular flexibility index (Phi) is 6.21. The SMILES string of the molecule is CCCCOc1c(C)cc(-c2ccc3c(c2)CCC(C)(C)[C@H]3NC(=O)O)cc1C. The predicted octanol–water partition coefficient (Wildman–Crippen LogP) is 6.43. The average molecular weight is 396 g/mol. The molecule has 0 aliphatic heterocycles. The molecule has 0 heterocycles. The summed E-state index contributed by atoms with van der Waals surface area (Å²) < 4.78 is 6.00. The van der Waals surface area contributed by atoms with Crippen LogP contribution in [-0.4, -0.2) is 17.8 Å². The Hall–Kier alpha value is -2.49. The van der Waals surface area contributed by atoms with E-state index in [1.54, 1.807) is 0 Å². The second-order valence-corrected chi connectivity index (χ2v) is 8.93. The summed E-state index contributed by atoms with van der Waals surface area (Å²) in [7, 11) is 0. The van der Waals surface area contributed by atoms with E-state index in [9.17, 15) is 9.90 Å². The molecule has 0 aromatic heterocycles. The van der Waals surface area contributed by atoms with Crippen LogP contribution in [0.4, 0.5) is 4.79 Å². The molecule has 1 amide bonds. The van der Waals surface area contributed by atoms with E-state index in [1.807, 2.05) is 0 Å². The first-order valence-corrected chi connectivity index (χ1v) is 10.6. The maximum Gasteiger partial charge on any atom is 0.405 e. The fraction of sp³-hybridized carbons (Fsp3) is 0.480. The Morgan fingerprint density at radius 3 is 2.48 bits per heavy atom. The normalized spacial score (nSPS) is 17.5. The number of fused-ring (bicyclic) bond motifs is 1. The number of benzene rings is 2. The lowest BCUT2D eigenvalue weighted by atomic mass is 9.70. The summed E-state index contributed by atoms with van der Waals surface area (Å²) in [6, 6.07) is 10.6. The van der Waals surface area contributed by atoms with Crippen molar-refractivity contribution in [2.75, 3.05) is 6.61 Å². The molecule has 1 aliphatic carbocycles. The van der Waals surface area contributed by atoms with Crippen molar-refractivity contribution in [1.29, 1.82) is 0 Å². The van der Waals surface area contributed by atoms with Gasteiger partial charge in [0.2, 0.25) is 0 Å². The summed E-state index contributed by atoms with van der Waals surface area (Å²) in [5.74, 6) is 0.993. The van der Waals surface area contributed by atoms with Crippen LogP contribution in [0.25, 0.3) is 11.1 Å². The molecule has 3 rings (SSSR count). The first-order chi connectivity index (χ1) is 13.7. The fourth-order valence-corrected chi connectivity index (χ4v) is 4.37. The van der Waals surface area contributed by atoms with Crippen molar-refractivity contribution >= 4 is 6.09 Å². The van der Waals surface area contributed by atoms with E-state index in [2.05, 4.69) is 70.3 Å². The van der Waals surface area contributed by atoms with Gasteiger partial charge in [0.15, 0.2) is 0 Å². The zero-order valence-corrected chi connectivity index (χ0v) is 18.3. The number of hydrogen-bond acceptors (Lipinski definition) is 2. The minimum atomic E-state index is -0.968. The van der Waals surface area contributed by atoms with E-state index in [0.29, 0.717) is 0 Å². The number of unbranched alkanes of at least 4 members (excludes halogenated alkanes) is 1. The predicted molar refractivity (Wildman–Crippen MR) is 118 cm³/mol. The van der Waals surface area contributed by atoms with Gasteiger partial charge in [-0.25, -0.2) is 4.79 Å². The molecule has 1 aliphatic rings. The highest BCUT2D eigenvalue weighted by atomic mass is 16.5. The molecule has 0 bridgehead atoms. The molecule has 0 unspecified atom stereocenters. The minimum Gasteiger partial charge on any atom is -0.493 e. The minimum absolute atomic E-state index is 0.0996. The number of nitrogens with one attached hydrogen (secondary N) is 1. The quantitative estimate of drug-likeness (QED) is 0.554. The first kappa shape index (κ1) is 21.2. The molecule has 0 fully saturated rings. The van der Waals surface area contributed by atoms with Gasteiger partial charge >= 0.3 is 6.09 Å². The summed E-state index contributed by atoms with van der Waals surface area (Å²) >= 11 is 0. The molecule has 2 aromatic carbocycles. The Morgan fingerprint density at radius 1 is 1.17 bits per heavy atom. The highest BCUT2D eigenvalue weighted by Gasteiger charge is 2.37. The fourth-order valence-electron chi connectivity index (χ4n) is 4.37. The lowest BCUT2D eigenvalue weighted by Gasteiger charge is -2.40. The van der Waals surface area contributed by atoms with Crippen LogP contribution in [0.1, 0.15) is 68.3 Å². The van der Waals surface area contributed by atoms with Crippen LogP contribution in [0.15, 0.2) is 30.3 Å².